The normalized spacial score (nSPS) is 15.5. The molecule has 0 fully saturated rings. The molecule has 0 heterocycles. The van der Waals surface area contributed by atoms with Crippen molar-refractivity contribution in [3.05, 3.63) is 0 Å². The molecule has 4 nitrogen and oxygen atoms in total. The molecule has 1 atom stereocenters. The van der Waals surface area contributed by atoms with E-state index < -0.39 is 23.0 Å². The summed E-state index contributed by atoms with van der Waals surface area (Å²) in [4.78, 5) is 10.8. The Kier molecular flexibility index (Phi) is 3.47. The van der Waals surface area contributed by atoms with E-state index in [4.69, 9.17) is 11.5 Å². The second-order valence-electron chi connectivity index (χ2n) is 4.96. The molecule has 5 N–H and O–H groups in total. The van der Waals surface area contributed by atoms with Crippen LogP contribution in [0.1, 0.15) is 34.1 Å². The van der Waals surface area contributed by atoms with E-state index in [2.05, 4.69) is 0 Å². The topological polar surface area (TPSA) is 89.3 Å². The molecule has 1 unspecified atom stereocenters. The smallest absolute Gasteiger partial charge is 0.246 e. The lowest BCUT2D eigenvalue weighted by atomic mass is 9.76. The lowest BCUT2D eigenvalue weighted by Crippen LogP contribution is -2.47. The number of aliphatic hydroxyl groups is 1. The van der Waals surface area contributed by atoms with Crippen molar-refractivity contribution in [1.29, 1.82) is 0 Å². The number of amides is 1. The molecule has 0 spiro atoms. The fourth-order valence-corrected chi connectivity index (χ4v) is 1.66. The number of carbonyl (C=O) groups excluding carboxylic acids is 1. The van der Waals surface area contributed by atoms with Crippen LogP contribution in [-0.2, 0) is 4.79 Å². The minimum atomic E-state index is -1.14. The van der Waals surface area contributed by atoms with Gasteiger partial charge in [0.2, 0.25) is 5.91 Å². The minimum Gasteiger partial charge on any atom is -0.383 e. The first-order valence-corrected chi connectivity index (χ1v) is 4.32. The molecule has 0 bridgehead atoms. The molecule has 4 heteroatoms. The Hall–Kier alpha value is -0.610. The SMILES string of the molecule is CC(C)(N)CC(C)(C)C(O)C(N)=O. The molecule has 0 aliphatic heterocycles. The molecule has 0 rings (SSSR count). The van der Waals surface area contributed by atoms with Crippen molar-refractivity contribution < 1.29 is 9.90 Å². The van der Waals surface area contributed by atoms with Crippen molar-refractivity contribution in [2.24, 2.45) is 16.9 Å². The van der Waals surface area contributed by atoms with E-state index >= 15 is 0 Å². The molecule has 0 aliphatic carbocycles. The number of aliphatic hydroxyl groups excluding tert-OH is 1. The van der Waals surface area contributed by atoms with Crippen molar-refractivity contribution in [2.75, 3.05) is 0 Å². The van der Waals surface area contributed by atoms with Gasteiger partial charge in [0.05, 0.1) is 0 Å². The number of carbonyl (C=O) groups is 1. The predicted molar refractivity (Wildman–Crippen MR) is 51.9 cm³/mol. The quantitative estimate of drug-likeness (QED) is 0.579. The zero-order valence-corrected chi connectivity index (χ0v) is 8.79. The second kappa shape index (κ2) is 3.64. The average molecular weight is 188 g/mol. The van der Waals surface area contributed by atoms with Gasteiger partial charge in [-0.25, -0.2) is 0 Å². The Morgan fingerprint density at radius 2 is 1.77 bits per heavy atom. The molecular weight excluding hydrogens is 168 g/mol. The third kappa shape index (κ3) is 4.24. The standard InChI is InChI=1S/C9H20N2O2/c1-8(2,5-9(3,4)11)6(12)7(10)13/h6,12H,5,11H2,1-4H3,(H2,10,13). The van der Waals surface area contributed by atoms with Crippen LogP contribution in [0.15, 0.2) is 0 Å². The Morgan fingerprint density at radius 3 is 2.00 bits per heavy atom. The third-order valence-electron chi connectivity index (χ3n) is 1.92. The van der Waals surface area contributed by atoms with E-state index in [1.807, 2.05) is 13.8 Å². The summed E-state index contributed by atoms with van der Waals surface area (Å²) in [6.07, 6.45) is -0.611. The summed E-state index contributed by atoms with van der Waals surface area (Å²) in [7, 11) is 0. The first-order chi connectivity index (χ1) is 5.56. The minimum absolute atomic E-state index is 0.417. The number of primary amides is 1. The van der Waals surface area contributed by atoms with E-state index in [1.165, 1.54) is 0 Å². The van der Waals surface area contributed by atoms with Gasteiger partial charge in [-0.2, -0.15) is 0 Å². The Bertz CT molecular complexity index is 194. The molecule has 0 radical (unpaired) electrons. The molecule has 78 valence electrons. The number of rotatable bonds is 4. The average Bonchev–Trinajstić information content (AvgIpc) is 1.80. The molecular formula is C9H20N2O2. The molecule has 0 aromatic heterocycles. The fourth-order valence-electron chi connectivity index (χ4n) is 1.66. The van der Waals surface area contributed by atoms with Gasteiger partial charge >= 0.3 is 0 Å². The van der Waals surface area contributed by atoms with E-state index in [9.17, 15) is 9.90 Å². The first-order valence-electron chi connectivity index (χ1n) is 4.32. The fraction of sp³-hybridized carbons (Fsp3) is 0.889. The maximum absolute atomic E-state index is 10.8. The van der Waals surface area contributed by atoms with E-state index in [-0.39, 0.29) is 0 Å². The van der Waals surface area contributed by atoms with E-state index in [0.717, 1.165) is 0 Å². The zero-order valence-electron chi connectivity index (χ0n) is 8.79. The van der Waals surface area contributed by atoms with Crippen LogP contribution in [0, 0.1) is 5.41 Å². The summed E-state index contributed by atoms with van der Waals surface area (Å²) in [5, 5.41) is 9.49. The van der Waals surface area contributed by atoms with Crippen LogP contribution in [0.4, 0.5) is 0 Å². The van der Waals surface area contributed by atoms with Crippen molar-refractivity contribution in [3.63, 3.8) is 0 Å². The molecule has 1 amide bonds. The highest BCUT2D eigenvalue weighted by molar-refractivity contribution is 5.79. The van der Waals surface area contributed by atoms with Crippen molar-refractivity contribution in [2.45, 2.75) is 45.8 Å². The van der Waals surface area contributed by atoms with Crippen LogP contribution in [0.5, 0.6) is 0 Å². The zero-order chi connectivity index (χ0) is 10.9. The largest absolute Gasteiger partial charge is 0.383 e. The first kappa shape index (κ1) is 12.4. The second-order valence-corrected chi connectivity index (χ2v) is 4.96. The number of hydrogen-bond acceptors (Lipinski definition) is 3. The van der Waals surface area contributed by atoms with Crippen LogP contribution in [0.2, 0.25) is 0 Å². The molecule has 0 saturated heterocycles. The summed E-state index contributed by atoms with van der Waals surface area (Å²) in [6.45, 7) is 7.25. The monoisotopic (exact) mass is 188 g/mol. The lowest BCUT2D eigenvalue weighted by molar-refractivity contribution is -0.132. The molecule has 0 aromatic carbocycles. The number of hydrogen-bond donors (Lipinski definition) is 3. The molecule has 0 aromatic rings. The summed E-state index contributed by atoms with van der Waals surface area (Å²) in [6, 6.07) is 0. The molecule has 0 saturated carbocycles. The van der Waals surface area contributed by atoms with Crippen molar-refractivity contribution in [3.8, 4) is 0 Å². The van der Waals surface area contributed by atoms with Gasteiger partial charge in [0, 0.05) is 11.0 Å². The van der Waals surface area contributed by atoms with Gasteiger partial charge in [-0.1, -0.05) is 13.8 Å². The van der Waals surface area contributed by atoms with Gasteiger partial charge in [-0.15, -0.1) is 0 Å². The summed E-state index contributed by atoms with van der Waals surface area (Å²) >= 11 is 0. The van der Waals surface area contributed by atoms with Crippen LogP contribution in [0.3, 0.4) is 0 Å². The van der Waals surface area contributed by atoms with Crippen LogP contribution in [0.25, 0.3) is 0 Å². The van der Waals surface area contributed by atoms with E-state index in [0.29, 0.717) is 6.42 Å². The van der Waals surface area contributed by atoms with E-state index in [1.54, 1.807) is 13.8 Å². The summed E-state index contributed by atoms with van der Waals surface area (Å²) in [5.74, 6) is -0.700. The van der Waals surface area contributed by atoms with Gasteiger partial charge < -0.3 is 16.6 Å². The highest BCUT2D eigenvalue weighted by Gasteiger charge is 2.35. The highest BCUT2D eigenvalue weighted by atomic mass is 16.3. The van der Waals surface area contributed by atoms with Crippen molar-refractivity contribution >= 4 is 5.91 Å². The van der Waals surface area contributed by atoms with Gasteiger partial charge in [0.15, 0.2) is 0 Å². The third-order valence-corrected chi connectivity index (χ3v) is 1.92. The number of nitrogens with two attached hydrogens (primary N) is 2. The molecule has 0 aliphatic rings. The van der Waals surface area contributed by atoms with Crippen LogP contribution < -0.4 is 11.5 Å². The van der Waals surface area contributed by atoms with Crippen molar-refractivity contribution in [1.82, 2.24) is 0 Å². The Morgan fingerprint density at radius 1 is 1.38 bits per heavy atom. The highest BCUT2D eigenvalue weighted by Crippen LogP contribution is 2.30. The lowest BCUT2D eigenvalue weighted by Gasteiger charge is -2.34. The maximum Gasteiger partial charge on any atom is 0.246 e. The summed E-state index contributed by atoms with van der Waals surface area (Å²) in [5.41, 5.74) is 9.81. The van der Waals surface area contributed by atoms with Crippen LogP contribution >= 0.6 is 0 Å². The van der Waals surface area contributed by atoms with Crippen LogP contribution in [-0.4, -0.2) is 22.7 Å². The summed E-state index contributed by atoms with van der Waals surface area (Å²) < 4.78 is 0. The van der Waals surface area contributed by atoms with Gasteiger partial charge in [0.25, 0.3) is 0 Å². The Balaban J connectivity index is 4.48. The van der Waals surface area contributed by atoms with Gasteiger partial charge in [-0.3, -0.25) is 4.79 Å². The Labute approximate surface area is 79.3 Å². The van der Waals surface area contributed by atoms with Gasteiger partial charge in [0.1, 0.15) is 6.10 Å². The predicted octanol–water partition coefficient (Wildman–Crippen LogP) is -0.0138. The molecule has 13 heavy (non-hydrogen) atoms. The van der Waals surface area contributed by atoms with Gasteiger partial charge in [-0.05, 0) is 20.3 Å². The maximum atomic E-state index is 10.8.